The molecule has 1 aromatic heterocycles. The predicted octanol–water partition coefficient (Wildman–Crippen LogP) is 6.23. The number of aromatic nitrogens is 1. The number of Topliss-reactive ketones (excluding diaryl/α,β-unsaturated/α-hetero) is 1. The summed E-state index contributed by atoms with van der Waals surface area (Å²) < 4.78 is 12.9. The van der Waals surface area contributed by atoms with Gasteiger partial charge < -0.3 is 20.2 Å². The molecule has 2 atom stereocenters. The number of para-hydroxylation sites is 1. The van der Waals surface area contributed by atoms with Gasteiger partial charge in [0.2, 0.25) is 0 Å². The minimum atomic E-state index is -0.681. The number of H-pyrrole nitrogens is 1. The van der Waals surface area contributed by atoms with Crippen molar-refractivity contribution >= 4 is 16.7 Å². The van der Waals surface area contributed by atoms with E-state index >= 15 is 0 Å². The number of nitrogens with one attached hydrogen (secondary N) is 1. The van der Waals surface area contributed by atoms with E-state index in [-0.39, 0.29) is 17.7 Å². The highest BCUT2D eigenvalue weighted by Gasteiger charge is 2.50. The smallest absolute Gasteiger partial charge is 0.138 e. The molecule has 0 fully saturated rings. The molecule has 0 aliphatic heterocycles. The van der Waals surface area contributed by atoms with Crippen molar-refractivity contribution in [3.63, 3.8) is 0 Å². The number of fused-ring (bicyclic) bond motifs is 3. The number of nitrogens with two attached hydrogens (primary N) is 1. The molecule has 3 N–H and O–H groups in total. The number of hydrogen-bond acceptors (Lipinski definition) is 4. The summed E-state index contributed by atoms with van der Waals surface area (Å²) in [5, 5.41) is 1.07. The summed E-state index contributed by atoms with van der Waals surface area (Å²) in [4.78, 5) is 17.5. The van der Waals surface area contributed by atoms with Gasteiger partial charge in [0.25, 0.3) is 0 Å². The lowest BCUT2D eigenvalue weighted by atomic mass is 9.70. The second-order valence-corrected chi connectivity index (χ2v) is 10.2. The van der Waals surface area contributed by atoms with Crippen LogP contribution in [-0.4, -0.2) is 24.0 Å². The Hall–Kier alpha value is -3.25. The Balaban J connectivity index is 1.58. The van der Waals surface area contributed by atoms with Crippen LogP contribution in [0.2, 0.25) is 0 Å². The maximum absolute atomic E-state index is 13.8. The topological polar surface area (TPSA) is 77.3 Å². The van der Waals surface area contributed by atoms with Gasteiger partial charge in [0.15, 0.2) is 0 Å². The molecule has 0 bridgehead atoms. The monoisotopic (exact) mass is 496 g/mol. The van der Waals surface area contributed by atoms with Crippen LogP contribution >= 0.6 is 0 Å². The number of carbonyl (C=O) groups excluding carboxylic acids is 1. The number of aromatic amines is 1. The van der Waals surface area contributed by atoms with Crippen molar-refractivity contribution in [2.24, 2.45) is 11.7 Å². The van der Waals surface area contributed by atoms with Crippen LogP contribution < -0.4 is 5.73 Å². The van der Waals surface area contributed by atoms with Crippen LogP contribution in [0.4, 0.5) is 0 Å². The largest absolute Gasteiger partial charge is 0.376 e. The molecular weight excluding hydrogens is 460 g/mol. The fraction of sp³-hybridized carbons (Fsp3) is 0.344. The van der Waals surface area contributed by atoms with Crippen LogP contribution in [0.1, 0.15) is 54.6 Å². The van der Waals surface area contributed by atoms with Crippen LogP contribution in [0.25, 0.3) is 10.9 Å². The lowest BCUT2D eigenvalue weighted by molar-refractivity contribution is -0.129. The second-order valence-electron chi connectivity index (χ2n) is 10.2. The number of ketones is 1. The number of rotatable bonds is 10. The summed E-state index contributed by atoms with van der Waals surface area (Å²) in [7, 11) is 0. The molecule has 5 nitrogen and oxygen atoms in total. The average Bonchev–Trinajstić information content (AvgIpc) is 3.29. The summed E-state index contributed by atoms with van der Waals surface area (Å²) in [5.41, 5.74) is 11.3. The Morgan fingerprint density at radius 1 is 0.865 bits per heavy atom. The molecule has 0 amide bonds. The Kier molecular flexibility index (Phi) is 7.85. The van der Waals surface area contributed by atoms with Crippen LogP contribution in [0.15, 0.2) is 84.9 Å². The summed E-state index contributed by atoms with van der Waals surface area (Å²) in [6.45, 7) is 3.79. The summed E-state index contributed by atoms with van der Waals surface area (Å²) in [5.74, 6) is -0.0703. The van der Waals surface area contributed by atoms with E-state index in [4.69, 9.17) is 15.2 Å². The highest BCUT2D eigenvalue weighted by molar-refractivity contribution is 5.91. The average molecular weight is 497 g/mol. The molecule has 5 heteroatoms. The van der Waals surface area contributed by atoms with E-state index in [0.29, 0.717) is 32.8 Å². The van der Waals surface area contributed by atoms with Crippen molar-refractivity contribution in [3.05, 3.63) is 107 Å². The summed E-state index contributed by atoms with van der Waals surface area (Å²) in [6, 6.07) is 28.2. The maximum Gasteiger partial charge on any atom is 0.138 e. The van der Waals surface area contributed by atoms with Gasteiger partial charge in [-0.2, -0.15) is 0 Å². The lowest BCUT2D eigenvalue weighted by Crippen LogP contribution is -2.47. The van der Waals surface area contributed by atoms with Gasteiger partial charge in [0.05, 0.1) is 31.8 Å². The van der Waals surface area contributed by atoms with Crippen molar-refractivity contribution in [1.82, 2.24) is 4.98 Å². The molecule has 37 heavy (non-hydrogen) atoms. The third-order valence-electron chi connectivity index (χ3n) is 7.61. The first-order valence-corrected chi connectivity index (χ1v) is 13.2. The molecule has 2 unspecified atom stereocenters. The quantitative estimate of drug-likeness (QED) is 0.255. The van der Waals surface area contributed by atoms with Crippen molar-refractivity contribution in [3.8, 4) is 0 Å². The van der Waals surface area contributed by atoms with Crippen LogP contribution in [-0.2, 0) is 32.9 Å². The first-order valence-electron chi connectivity index (χ1n) is 13.2. The third kappa shape index (κ3) is 5.26. The van der Waals surface area contributed by atoms with Crippen LogP contribution in [0, 0.1) is 5.92 Å². The molecule has 0 saturated carbocycles. The predicted molar refractivity (Wildman–Crippen MR) is 147 cm³/mol. The van der Waals surface area contributed by atoms with E-state index in [1.807, 2.05) is 48.5 Å². The highest BCUT2D eigenvalue weighted by Crippen LogP contribution is 2.46. The van der Waals surface area contributed by atoms with Crippen LogP contribution in [0.5, 0.6) is 0 Å². The highest BCUT2D eigenvalue weighted by atomic mass is 16.5. The summed E-state index contributed by atoms with van der Waals surface area (Å²) >= 11 is 0. The van der Waals surface area contributed by atoms with Gasteiger partial charge in [-0.05, 0) is 29.2 Å². The molecule has 192 valence electrons. The van der Waals surface area contributed by atoms with Gasteiger partial charge in [-0.1, -0.05) is 92.2 Å². The van der Waals surface area contributed by atoms with Gasteiger partial charge in [0.1, 0.15) is 5.78 Å². The minimum absolute atomic E-state index is 0.189. The normalized spacial score (nSPS) is 19.0. The second kappa shape index (κ2) is 11.4. The molecular formula is C32H36N2O3. The molecule has 1 heterocycles. The first-order chi connectivity index (χ1) is 18.1. The third-order valence-corrected chi connectivity index (χ3v) is 7.61. The van der Waals surface area contributed by atoms with Gasteiger partial charge >= 0.3 is 0 Å². The number of benzene rings is 3. The zero-order chi connectivity index (χ0) is 25.7. The molecule has 0 spiro atoms. The van der Waals surface area contributed by atoms with E-state index < -0.39 is 5.41 Å². The molecule has 1 aliphatic carbocycles. The van der Waals surface area contributed by atoms with Crippen molar-refractivity contribution in [2.75, 3.05) is 13.2 Å². The number of ether oxygens (including phenoxy) is 2. The molecule has 3 aromatic carbocycles. The number of hydrogen-bond donors (Lipinski definition) is 2. The van der Waals surface area contributed by atoms with Crippen molar-refractivity contribution in [2.45, 2.75) is 50.9 Å². The van der Waals surface area contributed by atoms with Gasteiger partial charge in [-0.15, -0.1) is 0 Å². The summed E-state index contributed by atoms with van der Waals surface area (Å²) in [6.07, 6.45) is 1.96. The Morgan fingerprint density at radius 2 is 1.43 bits per heavy atom. The van der Waals surface area contributed by atoms with Crippen LogP contribution in [0.3, 0.4) is 0 Å². The van der Waals surface area contributed by atoms with E-state index in [2.05, 4.69) is 48.3 Å². The van der Waals surface area contributed by atoms with E-state index in [1.165, 1.54) is 0 Å². The molecule has 1 aliphatic rings. The Labute approximate surface area is 219 Å². The fourth-order valence-corrected chi connectivity index (χ4v) is 5.85. The first kappa shape index (κ1) is 25.4. The minimum Gasteiger partial charge on any atom is -0.376 e. The van der Waals surface area contributed by atoms with Gasteiger partial charge in [-0.3, -0.25) is 4.79 Å². The SMILES string of the molecule is CCCC1C(=O)CC(N)c2c([nH]c3ccccc23)C1(COCc1ccccc1)COCc1ccccc1. The Bertz CT molecular complexity index is 1270. The zero-order valence-corrected chi connectivity index (χ0v) is 21.5. The maximum atomic E-state index is 13.8. The van der Waals surface area contributed by atoms with Crippen molar-refractivity contribution < 1.29 is 14.3 Å². The molecule has 5 rings (SSSR count). The number of carbonyl (C=O) groups is 1. The Morgan fingerprint density at radius 3 is 2.03 bits per heavy atom. The standard InChI is InChI=1S/C32H36N2O3/c1-2-11-26-29(35)18-27(33)30-25-16-9-10-17-28(25)34-31(30)32(26,21-36-19-23-12-5-3-6-13-23)22-37-20-24-14-7-4-8-15-24/h3-10,12-17,26-27,34H,2,11,18-22,33H2,1H3. The lowest BCUT2D eigenvalue weighted by Gasteiger charge is -2.39. The van der Waals surface area contributed by atoms with E-state index in [9.17, 15) is 4.79 Å². The molecule has 0 saturated heterocycles. The van der Waals surface area contributed by atoms with E-state index in [0.717, 1.165) is 46.1 Å². The molecule has 0 radical (unpaired) electrons. The fourth-order valence-electron chi connectivity index (χ4n) is 5.85. The van der Waals surface area contributed by atoms with Crippen molar-refractivity contribution in [1.29, 1.82) is 0 Å². The molecule has 4 aromatic rings. The van der Waals surface area contributed by atoms with Gasteiger partial charge in [0, 0.05) is 35.0 Å². The van der Waals surface area contributed by atoms with Gasteiger partial charge in [-0.25, -0.2) is 0 Å². The zero-order valence-electron chi connectivity index (χ0n) is 21.5. The van der Waals surface area contributed by atoms with E-state index in [1.54, 1.807) is 0 Å².